The maximum Gasteiger partial charge on any atom is 0.263 e. The Kier molecular flexibility index (Phi) is 5.48. The van der Waals surface area contributed by atoms with Gasteiger partial charge >= 0.3 is 0 Å². The van der Waals surface area contributed by atoms with E-state index in [1.165, 1.54) is 9.75 Å². The molecule has 0 unspecified atom stereocenters. The smallest absolute Gasteiger partial charge is 0.263 e. The minimum absolute atomic E-state index is 0.178. The molecule has 0 bridgehead atoms. The Bertz CT molecular complexity index is 979. The Balaban J connectivity index is 1.96. The summed E-state index contributed by atoms with van der Waals surface area (Å²) in [5.41, 5.74) is 1.31. The minimum atomic E-state index is 0.178. The third-order valence-corrected chi connectivity index (χ3v) is 7.63. The van der Waals surface area contributed by atoms with E-state index in [1.807, 2.05) is 0 Å². The fourth-order valence-corrected chi connectivity index (χ4v) is 6.11. The molecule has 4 rings (SSSR count). The lowest BCUT2D eigenvalue weighted by atomic mass is 10.0. The summed E-state index contributed by atoms with van der Waals surface area (Å²) in [6, 6.07) is 4.47. The van der Waals surface area contributed by atoms with Crippen LogP contribution in [0.5, 0.6) is 0 Å². The van der Waals surface area contributed by atoms with Crippen molar-refractivity contribution < 1.29 is 0 Å². The first-order valence-electron chi connectivity index (χ1n) is 9.93. The lowest BCUT2D eigenvalue weighted by molar-refractivity contribution is 0.215. The van der Waals surface area contributed by atoms with Crippen LogP contribution in [0.2, 0.25) is 0 Å². The Hall–Kier alpha value is -1.50. The molecule has 27 heavy (non-hydrogen) atoms. The molecule has 1 aliphatic heterocycles. The molecule has 0 radical (unpaired) electrons. The number of aryl methyl sites for hydroxylation is 2. The summed E-state index contributed by atoms with van der Waals surface area (Å²) >= 11 is 3.42. The Morgan fingerprint density at radius 2 is 2.04 bits per heavy atom. The quantitative estimate of drug-likeness (QED) is 0.606. The normalized spacial score (nSPS) is 16.4. The lowest BCUT2D eigenvalue weighted by Crippen LogP contribution is -2.37. The summed E-state index contributed by atoms with van der Waals surface area (Å²) in [4.78, 5) is 24.5. The second kappa shape index (κ2) is 7.86. The second-order valence-corrected chi connectivity index (χ2v) is 9.43. The molecule has 0 spiro atoms. The fraction of sp³-hybridized carbons (Fsp3) is 0.524. The Labute approximate surface area is 168 Å². The average molecular weight is 402 g/mol. The lowest BCUT2D eigenvalue weighted by Gasteiger charge is -2.31. The van der Waals surface area contributed by atoms with Crippen LogP contribution in [0.15, 0.2) is 22.3 Å². The maximum absolute atomic E-state index is 13.8. The molecule has 144 valence electrons. The van der Waals surface area contributed by atoms with E-state index in [0.29, 0.717) is 0 Å². The van der Waals surface area contributed by atoms with Gasteiger partial charge in [-0.15, -0.1) is 22.7 Å². The Morgan fingerprint density at radius 3 is 2.67 bits per heavy atom. The van der Waals surface area contributed by atoms with Crippen LogP contribution in [-0.4, -0.2) is 34.6 Å². The van der Waals surface area contributed by atoms with E-state index in [9.17, 15) is 4.79 Å². The summed E-state index contributed by atoms with van der Waals surface area (Å²) in [6.07, 6.45) is 4.86. The van der Waals surface area contributed by atoms with Crippen molar-refractivity contribution in [2.45, 2.75) is 52.0 Å². The van der Waals surface area contributed by atoms with Gasteiger partial charge in [-0.1, -0.05) is 19.9 Å². The van der Waals surface area contributed by atoms with E-state index >= 15 is 0 Å². The number of rotatable bonds is 5. The monoisotopic (exact) mass is 401 g/mol. The highest BCUT2D eigenvalue weighted by Gasteiger charge is 2.26. The summed E-state index contributed by atoms with van der Waals surface area (Å²) in [5.74, 6) is 0.978. The molecule has 0 N–H and O–H groups in total. The van der Waals surface area contributed by atoms with E-state index < -0.39 is 0 Å². The van der Waals surface area contributed by atoms with Crippen molar-refractivity contribution in [3.05, 3.63) is 38.6 Å². The average Bonchev–Trinajstić information content (AvgIpc) is 3.30. The van der Waals surface area contributed by atoms with Gasteiger partial charge < -0.3 is 4.90 Å². The Morgan fingerprint density at radius 1 is 1.26 bits per heavy atom. The number of likely N-dealkylation sites (tertiary alicyclic amines) is 1. The highest BCUT2D eigenvalue weighted by Crippen LogP contribution is 2.39. The minimum Gasteiger partial charge on any atom is -0.306 e. The van der Waals surface area contributed by atoms with Crippen molar-refractivity contribution in [2.75, 3.05) is 20.1 Å². The zero-order valence-corrected chi connectivity index (χ0v) is 18.0. The number of aromatic nitrogens is 2. The highest BCUT2D eigenvalue weighted by molar-refractivity contribution is 7.20. The van der Waals surface area contributed by atoms with Gasteiger partial charge in [-0.3, -0.25) is 9.36 Å². The molecular weight excluding hydrogens is 374 g/mol. The van der Waals surface area contributed by atoms with Crippen LogP contribution in [0, 0.1) is 0 Å². The predicted octanol–water partition coefficient (Wildman–Crippen LogP) is 4.97. The van der Waals surface area contributed by atoms with Gasteiger partial charge in [0.15, 0.2) is 0 Å². The first-order valence-corrected chi connectivity index (χ1v) is 11.6. The maximum atomic E-state index is 13.8. The fourth-order valence-electron chi connectivity index (χ4n) is 4.11. The predicted molar refractivity (Wildman–Crippen MR) is 116 cm³/mol. The molecule has 0 amide bonds. The zero-order chi connectivity index (χ0) is 19.0. The molecule has 4 heterocycles. The molecule has 0 aromatic carbocycles. The molecule has 3 aromatic heterocycles. The molecular formula is C21H27N3OS2. The van der Waals surface area contributed by atoms with Crippen molar-refractivity contribution in [1.82, 2.24) is 14.5 Å². The number of hydrogen-bond acceptors (Lipinski definition) is 5. The summed E-state index contributed by atoms with van der Waals surface area (Å²) in [6.45, 7) is 6.42. The number of fused-ring (bicyclic) bond motifs is 1. The second-order valence-electron chi connectivity index (χ2n) is 7.40. The zero-order valence-electron chi connectivity index (χ0n) is 16.3. The first-order chi connectivity index (χ1) is 13.1. The number of piperidine rings is 1. The van der Waals surface area contributed by atoms with Crippen LogP contribution < -0.4 is 5.56 Å². The molecule has 0 saturated carbocycles. The van der Waals surface area contributed by atoms with Crippen LogP contribution in [0.4, 0.5) is 0 Å². The van der Waals surface area contributed by atoms with Gasteiger partial charge in [0.05, 0.1) is 5.39 Å². The summed E-state index contributed by atoms with van der Waals surface area (Å²) < 4.78 is 2.06. The van der Waals surface area contributed by atoms with Crippen LogP contribution in [-0.2, 0) is 12.8 Å². The molecule has 1 fully saturated rings. The molecule has 4 nitrogen and oxygen atoms in total. The first kappa shape index (κ1) is 18.8. The van der Waals surface area contributed by atoms with Gasteiger partial charge in [-0.25, -0.2) is 4.98 Å². The topological polar surface area (TPSA) is 38.1 Å². The standard InChI is InChI=1S/C21H27N3OS2/c1-4-7-17-22-20-19(18(15(5-2)27-20)16-8-6-13-26-16)21(25)24(17)14-9-11-23(3)12-10-14/h6,8,13-14H,4-5,7,9-12H2,1-3H3. The highest BCUT2D eigenvalue weighted by atomic mass is 32.1. The van der Waals surface area contributed by atoms with Gasteiger partial charge in [-0.05, 0) is 57.3 Å². The van der Waals surface area contributed by atoms with E-state index in [-0.39, 0.29) is 11.6 Å². The van der Waals surface area contributed by atoms with E-state index in [1.54, 1.807) is 22.7 Å². The molecule has 1 aliphatic rings. The number of nitrogens with zero attached hydrogens (tertiary/aromatic N) is 3. The van der Waals surface area contributed by atoms with E-state index in [2.05, 4.69) is 47.9 Å². The third kappa shape index (κ3) is 3.39. The van der Waals surface area contributed by atoms with Gasteiger partial charge in [0.25, 0.3) is 5.56 Å². The molecule has 1 saturated heterocycles. The number of thiophene rings is 2. The molecule has 6 heteroatoms. The van der Waals surface area contributed by atoms with Crippen molar-refractivity contribution in [1.29, 1.82) is 0 Å². The van der Waals surface area contributed by atoms with Crippen LogP contribution in [0.3, 0.4) is 0 Å². The van der Waals surface area contributed by atoms with Crippen molar-refractivity contribution >= 4 is 32.9 Å². The molecule has 0 atom stereocenters. The largest absolute Gasteiger partial charge is 0.306 e. The van der Waals surface area contributed by atoms with Gasteiger partial charge in [0.2, 0.25) is 0 Å². The summed E-state index contributed by atoms with van der Waals surface area (Å²) in [7, 11) is 2.16. The number of hydrogen-bond donors (Lipinski definition) is 0. The van der Waals surface area contributed by atoms with Gasteiger partial charge in [-0.2, -0.15) is 0 Å². The molecule has 0 aliphatic carbocycles. The van der Waals surface area contributed by atoms with Crippen molar-refractivity contribution in [2.24, 2.45) is 0 Å². The van der Waals surface area contributed by atoms with Crippen LogP contribution in [0.25, 0.3) is 20.7 Å². The van der Waals surface area contributed by atoms with Crippen LogP contribution in [0.1, 0.15) is 49.9 Å². The van der Waals surface area contributed by atoms with Crippen molar-refractivity contribution in [3.8, 4) is 10.4 Å². The van der Waals surface area contributed by atoms with Crippen molar-refractivity contribution in [3.63, 3.8) is 0 Å². The van der Waals surface area contributed by atoms with E-state index in [0.717, 1.165) is 66.8 Å². The SMILES string of the molecule is CCCc1nc2sc(CC)c(-c3cccs3)c2c(=O)n1C1CCN(C)CC1. The molecule has 3 aromatic rings. The van der Waals surface area contributed by atoms with Gasteiger partial charge in [0.1, 0.15) is 10.7 Å². The van der Waals surface area contributed by atoms with Crippen LogP contribution >= 0.6 is 22.7 Å². The van der Waals surface area contributed by atoms with Gasteiger partial charge in [0, 0.05) is 27.8 Å². The third-order valence-electron chi connectivity index (χ3n) is 5.52. The summed E-state index contributed by atoms with van der Waals surface area (Å²) in [5, 5.41) is 2.94. The van der Waals surface area contributed by atoms with E-state index in [4.69, 9.17) is 4.98 Å².